The minimum atomic E-state index is -0.228. The molecule has 0 radical (unpaired) electrons. The predicted molar refractivity (Wildman–Crippen MR) is 136 cm³/mol. The molecule has 4 aliphatic rings. The van der Waals surface area contributed by atoms with Crippen LogP contribution in [0, 0.1) is 11.8 Å². The van der Waals surface area contributed by atoms with Gasteiger partial charge in [0.15, 0.2) is 11.6 Å². The van der Waals surface area contributed by atoms with Gasteiger partial charge in [0.25, 0.3) is 0 Å². The first-order chi connectivity index (χ1) is 17.7. The fourth-order valence-electron chi connectivity index (χ4n) is 6.34. The van der Waals surface area contributed by atoms with Crippen LogP contribution in [0.5, 0.6) is 5.75 Å². The lowest BCUT2D eigenvalue weighted by Crippen LogP contribution is -2.41. The number of rotatable bonds is 1. The number of Topliss-reactive ketones (excluding diaryl/α,β-unsaturated/α-hetero) is 2. The van der Waals surface area contributed by atoms with Gasteiger partial charge in [-0.1, -0.05) is 78.9 Å². The van der Waals surface area contributed by atoms with E-state index in [0.29, 0.717) is 28.7 Å². The van der Waals surface area contributed by atoms with E-state index in [1.807, 2.05) is 48.5 Å². The van der Waals surface area contributed by atoms with E-state index in [1.54, 1.807) is 18.2 Å². The van der Waals surface area contributed by atoms with Crippen molar-refractivity contribution in [3.63, 3.8) is 0 Å². The number of fused-ring (bicyclic) bond motifs is 7. The lowest BCUT2D eigenvalue weighted by Gasteiger charge is -2.33. The first-order valence-electron chi connectivity index (χ1n) is 12.3. The summed E-state index contributed by atoms with van der Waals surface area (Å²) in [5, 5.41) is 2.15. The van der Waals surface area contributed by atoms with E-state index in [2.05, 4.69) is 24.3 Å². The number of carbonyl (C=O) groups is 2. The Bertz CT molecular complexity index is 1850. The van der Waals surface area contributed by atoms with Crippen LogP contribution < -0.4 is 15.4 Å². The molecule has 8 rings (SSSR count). The van der Waals surface area contributed by atoms with E-state index in [-0.39, 0.29) is 29.5 Å². The molecule has 0 bridgehead atoms. The summed E-state index contributed by atoms with van der Waals surface area (Å²) in [5.74, 6) is 0.719. The van der Waals surface area contributed by atoms with Gasteiger partial charge in [-0.05, 0) is 24.5 Å². The molecule has 4 aromatic rings. The molecule has 0 amide bonds. The molecule has 2 heterocycles. The molecule has 3 unspecified atom stereocenters. The third kappa shape index (κ3) is 2.53. The fourth-order valence-corrected chi connectivity index (χ4v) is 6.34. The third-order valence-corrected chi connectivity index (χ3v) is 8.01. The van der Waals surface area contributed by atoms with Gasteiger partial charge in [-0.2, -0.15) is 0 Å². The second-order valence-corrected chi connectivity index (χ2v) is 9.86. The zero-order valence-corrected chi connectivity index (χ0v) is 19.2. The average molecular weight is 469 g/mol. The Balaban J connectivity index is 1.29. The second-order valence-electron chi connectivity index (χ2n) is 9.86. The van der Waals surface area contributed by atoms with Gasteiger partial charge in [0.05, 0.1) is 0 Å². The summed E-state index contributed by atoms with van der Waals surface area (Å²) in [5.41, 5.74) is 5.96. The van der Waals surface area contributed by atoms with Crippen molar-refractivity contribution in [2.75, 3.05) is 0 Å². The second kappa shape index (κ2) is 7.05. The van der Waals surface area contributed by atoms with Crippen LogP contribution in [0.3, 0.4) is 0 Å². The van der Waals surface area contributed by atoms with E-state index in [4.69, 9.17) is 9.15 Å². The van der Waals surface area contributed by atoms with Crippen LogP contribution in [0.1, 0.15) is 32.7 Å². The lowest BCUT2D eigenvalue weighted by molar-refractivity contribution is 0.0969. The van der Waals surface area contributed by atoms with Gasteiger partial charge in [-0.15, -0.1) is 0 Å². The maximum Gasteiger partial charge on any atom is 0.194 e. The van der Waals surface area contributed by atoms with Crippen LogP contribution >= 0.6 is 0 Å². The standard InChI is InChI=1S/C32H20O4/c33-29-19-8-1-2-9-20(19)30(34)24-15-17(13-14-21(24)29)23-16-25-18-7-3-5-11-26(18)35-32(25)28-22-10-4-6-12-27(22)36-31(23)28/h1-14,16-17,23,31H,15H2. The van der Waals surface area contributed by atoms with Crippen LogP contribution in [0.25, 0.3) is 22.6 Å². The van der Waals surface area contributed by atoms with E-state index >= 15 is 0 Å². The topological polar surface area (TPSA) is 56.5 Å². The summed E-state index contributed by atoms with van der Waals surface area (Å²) in [6, 6.07) is 23.3. The minimum Gasteiger partial charge on any atom is -0.484 e. The number of benzene rings is 3. The van der Waals surface area contributed by atoms with Crippen LogP contribution in [-0.4, -0.2) is 17.7 Å². The van der Waals surface area contributed by atoms with Crippen molar-refractivity contribution in [2.24, 2.45) is 11.8 Å². The Morgan fingerprint density at radius 3 is 2.36 bits per heavy atom. The lowest BCUT2D eigenvalue weighted by atomic mass is 9.71. The first kappa shape index (κ1) is 19.8. The molecule has 4 heteroatoms. The zero-order valence-electron chi connectivity index (χ0n) is 19.2. The van der Waals surface area contributed by atoms with Gasteiger partial charge < -0.3 is 9.15 Å². The van der Waals surface area contributed by atoms with Crippen molar-refractivity contribution >= 4 is 34.2 Å². The molecule has 1 aromatic heterocycles. The van der Waals surface area contributed by atoms with Crippen molar-refractivity contribution in [1.82, 2.24) is 0 Å². The van der Waals surface area contributed by atoms with Gasteiger partial charge in [-0.3, -0.25) is 9.59 Å². The largest absolute Gasteiger partial charge is 0.484 e. The highest BCUT2D eigenvalue weighted by Gasteiger charge is 2.43. The van der Waals surface area contributed by atoms with Gasteiger partial charge >= 0.3 is 0 Å². The van der Waals surface area contributed by atoms with E-state index in [9.17, 15) is 9.59 Å². The van der Waals surface area contributed by atoms with Crippen molar-refractivity contribution in [2.45, 2.75) is 12.5 Å². The normalized spacial score (nSPS) is 23.4. The molecule has 3 aliphatic carbocycles. The van der Waals surface area contributed by atoms with Crippen LogP contribution in [0.4, 0.5) is 0 Å². The summed E-state index contributed by atoms with van der Waals surface area (Å²) in [6.45, 7) is 0. The zero-order chi connectivity index (χ0) is 24.0. The maximum atomic E-state index is 13.5. The summed E-state index contributed by atoms with van der Waals surface area (Å²) in [6.07, 6.45) is 6.48. The Kier molecular flexibility index (Phi) is 3.88. The molecule has 36 heavy (non-hydrogen) atoms. The number of ether oxygens (including phenoxy) is 1. The molecule has 172 valence electrons. The Labute approximate surface area is 206 Å². The van der Waals surface area contributed by atoms with Gasteiger partial charge in [0, 0.05) is 49.9 Å². The van der Waals surface area contributed by atoms with E-state index in [1.165, 1.54) is 0 Å². The third-order valence-electron chi connectivity index (χ3n) is 8.01. The molecule has 0 saturated heterocycles. The molecule has 0 saturated carbocycles. The molecule has 3 atom stereocenters. The molecular formula is C32H20O4. The summed E-state index contributed by atoms with van der Waals surface area (Å²) < 4.78 is 12.9. The summed E-state index contributed by atoms with van der Waals surface area (Å²) in [7, 11) is 0. The average Bonchev–Trinajstić information content (AvgIpc) is 3.49. The van der Waals surface area contributed by atoms with E-state index < -0.39 is 0 Å². The highest BCUT2D eigenvalue weighted by Crippen LogP contribution is 2.45. The summed E-state index contributed by atoms with van der Waals surface area (Å²) in [4.78, 5) is 26.6. The Hall–Kier alpha value is -4.44. The highest BCUT2D eigenvalue weighted by atomic mass is 16.5. The number of carbonyl (C=O) groups excluding carboxylic acids is 2. The minimum absolute atomic E-state index is 0.00175. The smallest absolute Gasteiger partial charge is 0.194 e. The maximum absolute atomic E-state index is 13.5. The molecule has 1 aliphatic heterocycles. The monoisotopic (exact) mass is 468 g/mol. The Morgan fingerprint density at radius 2 is 1.50 bits per heavy atom. The SMILES string of the molecule is O=C1C2=C(CC(C3C=c4c(oc5ccccc45)=C4c5ccccc5OC43)C=C2)C(=O)c2ccccc21. The van der Waals surface area contributed by atoms with Gasteiger partial charge in [0.1, 0.15) is 22.9 Å². The predicted octanol–water partition coefficient (Wildman–Crippen LogP) is 4.76. The number of para-hydroxylation sites is 2. The molecule has 0 N–H and O–H groups in total. The van der Waals surface area contributed by atoms with Gasteiger partial charge in [-0.25, -0.2) is 0 Å². The number of ketones is 2. The van der Waals surface area contributed by atoms with Crippen molar-refractivity contribution in [3.8, 4) is 5.75 Å². The Morgan fingerprint density at radius 1 is 0.778 bits per heavy atom. The van der Waals surface area contributed by atoms with Crippen LogP contribution in [-0.2, 0) is 0 Å². The van der Waals surface area contributed by atoms with Crippen molar-refractivity contribution in [1.29, 1.82) is 0 Å². The molecule has 0 spiro atoms. The van der Waals surface area contributed by atoms with Crippen molar-refractivity contribution < 1.29 is 18.7 Å². The molecule has 0 fully saturated rings. The molecular weight excluding hydrogens is 448 g/mol. The molecule has 4 nitrogen and oxygen atoms in total. The highest BCUT2D eigenvalue weighted by molar-refractivity contribution is 6.28. The van der Waals surface area contributed by atoms with Gasteiger partial charge in [0.2, 0.25) is 0 Å². The van der Waals surface area contributed by atoms with Crippen LogP contribution in [0.2, 0.25) is 0 Å². The molecule has 3 aromatic carbocycles. The first-order valence-corrected chi connectivity index (χ1v) is 12.3. The number of hydrogen-bond acceptors (Lipinski definition) is 4. The quantitative estimate of drug-likeness (QED) is 0.404. The van der Waals surface area contributed by atoms with Crippen molar-refractivity contribution in [3.05, 3.63) is 123 Å². The number of furan rings is 1. The number of allylic oxidation sites excluding steroid dienone is 4. The fraction of sp³-hybridized carbons (Fsp3) is 0.125. The summed E-state index contributed by atoms with van der Waals surface area (Å²) >= 11 is 0. The van der Waals surface area contributed by atoms with E-state index in [0.717, 1.165) is 38.5 Å². The van der Waals surface area contributed by atoms with Crippen LogP contribution in [0.15, 0.2) is 101 Å². The number of hydrogen-bond donors (Lipinski definition) is 0.